The zero-order chi connectivity index (χ0) is 15.4. The number of benzene rings is 1. The second-order valence-corrected chi connectivity index (χ2v) is 6.11. The van der Waals surface area contributed by atoms with E-state index < -0.39 is 0 Å². The summed E-state index contributed by atoms with van der Waals surface area (Å²) in [5.41, 5.74) is 2.45. The summed E-state index contributed by atoms with van der Waals surface area (Å²) < 4.78 is 5.43. The van der Waals surface area contributed by atoms with E-state index in [1.54, 1.807) is 0 Å². The molecule has 0 unspecified atom stereocenters. The molecule has 0 saturated carbocycles. The van der Waals surface area contributed by atoms with Crippen LogP contribution in [-0.4, -0.2) is 57.2 Å². The number of nitrogens with one attached hydrogen (secondary N) is 1. The standard InChI is InChI=1S/C17H25N3O2/c1-19(17(21)14-6-7-18-12-14)13-15-4-2-3-5-16(15)20-8-10-22-11-9-20/h2-5,14,18H,6-13H2,1H3/t14-/m1/s1. The van der Waals surface area contributed by atoms with Gasteiger partial charge >= 0.3 is 0 Å². The summed E-state index contributed by atoms with van der Waals surface area (Å²) in [5.74, 6) is 0.391. The summed E-state index contributed by atoms with van der Waals surface area (Å²) in [6.07, 6.45) is 0.953. The average molecular weight is 303 g/mol. The van der Waals surface area contributed by atoms with Crippen LogP contribution in [0, 0.1) is 5.92 Å². The minimum absolute atomic E-state index is 0.139. The predicted molar refractivity (Wildman–Crippen MR) is 86.9 cm³/mol. The van der Waals surface area contributed by atoms with E-state index in [4.69, 9.17) is 4.74 Å². The van der Waals surface area contributed by atoms with Crippen molar-refractivity contribution in [2.45, 2.75) is 13.0 Å². The Hall–Kier alpha value is -1.59. The Morgan fingerprint density at radius 3 is 2.86 bits per heavy atom. The monoisotopic (exact) mass is 303 g/mol. The lowest BCUT2D eigenvalue weighted by molar-refractivity contribution is -0.134. The third-order valence-electron chi connectivity index (χ3n) is 4.54. The SMILES string of the molecule is CN(Cc1ccccc1N1CCOCC1)C(=O)[C@@H]1CCNC1. The van der Waals surface area contributed by atoms with Gasteiger partial charge in [0.1, 0.15) is 0 Å². The number of ether oxygens (including phenoxy) is 1. The normalized spacial score (nSPS) is 21.9. The van der Waals surface area contributed by atoms with Gasteiger partial charge in [0.15, 0.2) is 0 Å². The van der Waals surface area contributed by atoms with E-state index in [9.17, 15) is 4.79 Å². The van der Waals surface area contributed by atoms with Crippen LogP contribution in [0.3, 0.4) is 0 Å². The number of hydrogen-bond donors (Lipinski definition) is 1. The fraction of sp³-hybridized carbons (Fsp3) is 0.588. The van der Waals surface area contributed by atoms with Crippen molar-refractivity contribution in [2.24, 2.45) is 5.92 Å². The van der Waals surface area contributed by atoms with Gasteiger partial charge in [-0.15, -0.1) is 0 Å². The van der Waals surface area contributed by atoms with E-state index in [1.165, 1.54) is 11.3 Å². The molecule has 22 heavy (non-hydrogen) atoms. The second kappa shape index (κ2) is 7.11. The van der Waals surface area contributed by atoms with Gasteiger partial charge in [0.05, 0.1) is 19.1 Å². The maximum atomic E-state index is 12.5. The topological polar surface area (TPSA) is 44.8 Å². The van der Waals surface area contributed by atoms with Gasteiger partial charge in [0.2, 0.25) is 5.91 Å². The molecule has 0 radical (unpaired) electrons. The number of carbonyl (C=O) groups excluding carboxylic acids is 1. The molecule has 0 bridgehead atoms. The van der Waals surface area contributed by atoms with E-state index in [-0.39, 0.29) is 11.8 Å². The number of amides is 1. The van der Waals surface area contributed by atoms with Gasteiger partial charge in [0.25, 0.3) is 0 Å². The van der Waals surface area contributed by atoms with Crippen molar-refractivity contribution in [3.63, 3.8) is 0 Å². The van der Waals surface area contributed by atoms with E-state index in [0.717, 1.165) is 45.8 Å². The Morgan fingerprint density at radius 1 is 1.36 bits per heavy atom. The highest BCUT2D eigenvalue weighted by Gasteiger charge is 2.26. The summed E-state index contributed by atoms with van der Waals surface area (Å²) in [7, 11) is 1.91. The summed E-state index contributed by atoms with van der Waals surface area (Å²) in [6.45, 7) is 5.82. The van der Waals surface area contributed by atoms with Crippen LogP contribution in [0.2, 0.25) is 0 Å². The van der Waals surface area contributed by atoms with E-state index in [2.05, 4.69) is 34.5 Å². The molecule has 0 spiro atoms. The number of para-hydroxylation sites is 1. The van der Waals surface area contributed by atoms with Gasteiger partial charge in [-0.2, -0.15) is 0 Å². The number of nitrogens with zero attached hydrogens (tertiary/aromatic N) is 2. The summed E-state index contributed by atoms with van der Waals surface area (Å²) in [6, 6.07) is 8.39. The first-order valence-corrected chi connectivity index (χ1v) is 8.12. The van der Waals surface area contributed by atoms with Gasteiger partial charge in [-0.1, -0.05) is 18.2 Å². The number of hydrogen-bond acceptors (Lipinski definition) is 4. The summed E-state index contributed by atoms with van der Waals surface area (Å²) in [4.78, 5) is 16.7. The third-order valence-corrected chi connectivity index (χ3v) is 4.54. The minimum atomic E-state index is 0.139. The molecule has 3 rings (SSSR count). The van der Waals surface area contributed by atoms with Crippen LogP contribution in [0.4, 0.5) is 5.69 Å². The van der Waals surface area contributed by atoms with Crippen LogP contribution in [0.1, 0.15) is 12.0 Å². The average Bonchev–Trinajstić information content (AvgIpc) is 3.10. The molecule has 2 heterocycles. The van der Waals surface area contributed by atoms with E-state index in [1.807, 2.05) is 11.9 Å². The molecular weight excluding hydrogens is 278 g/mol. The van der Waals surface area contributed by atoms with Gasteiger partial charge in [-0.3, -0.25) is 4.79 Å². The molecule has 120 valence electrons. The van der Waals surface area contributed by atoms with E-state index >= 15 is 0 Å². The maximum absolute atomic E-state index is 12.5. The highest BCUT2D eigenvalue weighted by atomic mass is 16.5. The minimum Gasteiger partial charge on any atom is -0.378 e. The van der Waals surface area contributed by atoms with Gasteiger partial charge < -0.3 is 19.9 Å². The number of carbonyl (C=O) groups is 1. The van der Waals surface area contributed by atoms with Crippen molar-refractivity contribution in [3.8, 4) is 0 Å². The zero-order valence-corrected chi connectivity index (χ0v) is 13.3. The van der Waals surface area contributed by atoms with Crippen molar-refractivity contribution in [2.75, 3.05) is 51.3 Å². The zero-order valence-electron chi connectivity index (χ0n) is 13.3. The smallest absolute Gasteiger partial charge is 0.227 e. The first-order valence-electron chi connectivity index (χ1n) is 8.12. The quantitative estimate of drug-likeness (QED) is 0.904. The molecule has 5 nitrogen and oxygen atoms in total. The summed E-state index contributed by atoms with van der Waals surface area (Å²) in [5, 5.41) is 3.27. The molecule has 1 amide bonds. The van der Waals surface area contributed by atoms with Crippen LogP contribution in [0.5, 0.6) is 0 Å². The van der Waals surface area contributed by atoms with Gasteiger partial charge in [-0.05, 0) is 24.6 Å². The Labute approximate surface area is 132 Å². The van der Waals surface area contributed by atoms with Crippen molar-refractivity contribution < 1.29 is 9.53 Å². The fourth-order valence-electron chi connectivity index (χ4n) is 3.27. The molecule has 5 heteroatoms. The highest BCUT2D eigenvalue weighted by molar-refractivity contribution is 5.79. The van der Waals surface area contributed by atoms with Crippen LogP contribution in [-0.2, 0) is 16.1 Å². The van der Waals surface area contributed by atoms with Crippen LogP contribution < -0.4 is 10.2 Å². The van der Waals surface area contributed by atoms with Crippen LogP contribution in [0.25, 0.3) is 0 Å². The third kappa shape index (κ3) is 3.42. The molecule has 0 aliphatic carbocycles. The van der Waals surface area contributed by atoms with E-state index in [0.29, 0.717) is 6.54 Å². The Balaban J connectivity index is 1.69. The molecule has 2 saturated heterocycles. The molecule has 1 aromatic carbocycles. The molecular formula is C17H25N3O2. The second-order valence-electron chi connectivity index (χ2n) is 6.11. The van der Waals surface area contributed by atoms with Gasteiger partial charge in [-0.25, -0.2) is 0 Å². The highest BCUT2D eigenvalue weighted by Crippen LogP contribution is 2.23. The first-order chi connectivity index (χ1) is 10.8. The van der Waals surface area contributed by atoms with Crippen molar-refractivity contribution in [1.29, 1.82) is 0 Å². The first kappa shape index (κ1) is 15.3. The van der Waals surface area contributed by atoms with Crippen LogP contribution in [0.15, 0.2) is 24.3 Å². The number of morpholine rings is 1. The molecule has 2 fully saturated rings. The predicted octanol–water partition coefficient (Wildman–Crippen LogP) is 1.09. The largest absolute Gasteiger partial charge is 0.378 e. The van der Waals surface area contributed by atoms with Crippen molar-refractivity contribution in [1.82, 2.24) is 10.2 Å². The fourth-order valence-corrected chi connectivity index (χ4v) is 3.27. The van der Waals surface area contributed by atoms with Gasteiger partial charge in [0, 0.05) is 38.9 Å². The number of anilines is 1. The number of rotatable bonds is 4. The lowest BCUT2D eigenvalue weighted by atomic mass is 10.1. The molecule has 2 aliphatic heterocycles. The van der Waals surface area contributed by atoms with Crippen molar-refractivity contribution in [3.05, 3.63) is 29.8 Å². The summed E-state index contributed by atoms with van der Waals surface area (Å²) >= 11 is 0. The molecule has 1 N–H and O–H groups in total. The Kier molecular flexibility index (Phi) is 4.95. The molecule has 1 aromatic rings. The maximum Gasteiger partial charge on any atom is 0.227 e. The molecule has 0 aromatic heterocycles. The Morgan fingerprint density at radius 2 is 2.14 bits per heavy atom. The lowest BCUT2D eigenvalue weighted by Gasteiger charge is -2.31. The molecule has 1 atom stereocenters. The van der Waals surface area contributed by atoms with Crippen molar-refractivity contribution >= 4 is 11.6 Å². The Bertz CT molecular complexity index is 508. The van der Waals surface area contributed by atoms with Crippen LogP contribution >= 0.6 is 0 Å². The lowest BCUT2D eigenvalue weighted by Crippen LogP contribution is -2.38. The molecule has 2 aliphatic rings.